The molecule has 5 heteroatoms. The summed E-state index contributed by atoms with van der Waals surface area (Å²) >= 11 is 11.9. The maximum absolute atomic E-state index is 6.03. The lowest BCUT2D eigenvalue weighted by molar-refractivity contribution is 0.00355. The molecule has 2 unspecified atom stereocenters. The highest BCUT2D eigenvalue weighted by Crippen LogP contribution is 2.24. The normalized spacial score (nSPS) is 14.7. The lowest BCUT2D eigenvalue weighted by Gasteiger charge is -2.29. The molecule has 1 rings (SSSR count). The average Bonchev–Trinajstić information content (AvgIpc) is 2.37. The van der Waals surface area contributed by atoms with Gasteiger partial charge in [-0.15, -0.1) is 0 Å². The van der Waals surface area contributed by atoms with Gasteiger partial charge in [-0.05, 0) is 37.0 Å². The van der Waals surface area contributed by atoms with Crippen molar-refractivity contribution in [2.45, 2.75) is 39.3 Å². The molecule has 0 saturated carbocycles. The molecule has 19 heavy (non-hydrogen) atoms. The van der Waals surface area contributed by atoms with Gasteiger partial charge in [-0.2, -0.15) is 0 Å². The lowest BCUT2D eigenvalue weighted by atomic mass is 9.94. The summed E-state index contributed by atoms with van der Waals surface area (Å²) in [5.74, 6) is 6.05. The first-order valence-corrected chi connectivity index (χ1v) is 7.26. The van der Waals surface area contributed by atoms with E-state index in [1.54, 1.807) is 6.07 Å². The number of nitrogens with one attached hydrogen (secondary N) is 1. The SMILES string of the molecule is CCOC(C(C)C)C(Cc1ccc(Cl)c(Cl)c1)NN. The molecule has 0 amide bonds. The van der Waals surface area contributed by atoms with Crippen LogP contribution in [0, 0.1) is 5.92 Å². The number of halogens is 2. The Bertz CT molecular complexity index is 399. The van der Waals surface area contributed by atoms with Crippen LogP contribution in [0.5, 0.6) is 0 Å². The van der Waals surface area contributed by atoms with Gasteiger partial charge in [0.05, 0.1) is 22.2 Å². The molecule has 0 heterocycles. The zero-order valence-electron chi connectivity index (χ0n) is 11.6. The molecule has 0 aliphatic heterocycles. The maximum atomic E-state index is 6.03. The van der Waals surface area contributed by atoms with Crippen molar-refractivity contribution in [3.05, 3.63) is 33.8 Å². The van der Waals surface area contributed by atoms with Crippen molar-refractivity contribution in [1.82, 2.24) is 5.43 Å². The number of ether oxygens (including phenoxy) is 1. The molecule has 3 N–H and O–H groups in total. The Morgan fingerprint density at radius 2 is 1.95 bits per heavy atom. The zero-order chi connectivity index (χ0) is 14.4. The molecule has 3 nitrogen and oxygen atoms in total. The van der Waals surface area contributed by atoms with Crippen LogP contribution >= 0.6 is 23.2 Å². The fourth-order valence-electron chi connectivity index (χ4n) is 2.16. The third kappa shape index (κ3) is 4.93. The summed E-state index contributed by atoms with van der Waals surface area (Å²) in [5.41, 5.74) is 3.94. The standard InChI is InChI=1S/C14H22Cl2N2O/c1-4-19-14(9(2)3)13(18-17)8-10-5-6-11(15)12(16)7-10/h5-7,9,13-14,18H,4,8,17H2,1-3H3. The van der Waals surface area contributed by atoms with Crippen molar-refractivity contribution in [3.63, 3.8) is 0 Å². The smallest absolute Gasteiger partial charge is 0.0767 e. The van der Waals surface area contributed by atoms with Crippen LogP contribution in [-0.2, 0) is 11.2 Å². The summed E-state index contributed by atoms with van der Waals surface area (Å²) in [6, 6.07) is 5.68. The summed E-state index contributed by atoms with van der Waals surface area (Å²) in [6.45, 7) is 6.91. The minimum atomic E-state index is 0.0391. The van der Waals surface area contributed by atoms with Gasteiger partial charge in [-0.1, -0.05) is 43.1 Å². The van der Waals surface area contributed by atoms with Crippen molar-refractivity contribution < 1.29 is 4.74 Å². The fraction of sp³-hybridized carbons (Fsp3) is 0.571. The van der Waals surface area contributed by atoms with Gasteiger partial charge in [-0.25, -0.2) is 0 Å². The Balaban J connectivity index is 2.82. The minimum Gasteiger partial charge on any atom is -0.377 e. The number of rotatable bonds is 7. The second-order valence-corrected chi connectivity index (χ2v) is 5.70. The van der Waals surface area contributed by atoms with Crippen molar-refractivity contribution in [2.24, 2.45) is 11.8 Å². The first-order chi connectivity index (χ1) is 8.99. The summed E-state index contributed by atoms with van der Waals surface area (Å²) in [4.78, 5) is 0. The predicted octanol–water partition coefficient (Wildman–Crippen LogP) is 3.43. The molecule has 0 radical (unpaired) electrons. The van der Waals surface area contributed by atoms with Crippen molar-refractivity contribution in [3.8, 4) is 0 Å². The van der Waals surface area contributed by atoms with E-state index in [9.17, 15) is 0 Å². The Kier molecular flexibility index (Phi) is 7.11. The number of nitrogens with two attached hydrogens (primary N) is 1. The highest BCUT2D eigenvalue weighted by Gasteiger charge is 2.24. The second-order valence-electron chi connectivity index (χ2n) is 4.89. The molecule has 0 spiro atoms. The highest BCUT2D eigenvalue weighted by molar-refractivity contribution is 6.42. The monoisotopic (exact) mass is 304 g/mol. The van der Waals surface area contributed by atoms with E-state index >= 15 is 0 Å². The third-order valence-corrected chi connectivity index (χ3v) is 3.81. The average molecular weight is 305 g/mol. The molecule has 0 aliphatic rings. The Labute approximate surface area is 125 Å². The van der Waals surface area contributed by atoms with Gasteiger partial charge in [0, 0.05) is 6.61 Å². The van der Waals surface area contributed by atoms with Gasteiger partial charge in [0.2, 0.25) is 0 Å². The van der Waals surface area contributed by atoms with Gasteiger partial charge in [-0.3, -0.25) is 11.3 Å². The van der Waals surface area contributed by atoms with Crippen LogP contribution in [0.2, 0.25) is 10.0 Å². The fourth-order valence-corrected chi connectivity index (χ4v) is 2.48. The first-order valence-electron chi connectivity index (χ1n) is 6.51. The summed E-state index contributed by atoms with van der Waals surface area (Å²) in [5, 5.41) is 1.13. The highest BCUT2D eigenvalue weighted by atomic mass is 35.5. The lowest BCUT2D eigenvalue weighted by Crippen LogP contribution is -2.48. The first kappa shape index (κ1) is 16.7. The Morgan fingerprint density at radius 3 is 2.42 bits per heavy atom. The summed E-state index contributed by atoms with van der Waals surface area (Å²) < 4.78 is 5.78. The van der Waals surface area contributed by atoms with E-state index in [-0.39, 0.29) is 12.1 Å². The summed E-state index contributed by atoms with van der Waals surface area (Å²) in [6.07, 6.45) is 0.806. The van der Waals surface area contributed by atoms with E-state index in [4.69, 9.17) is 33.8 Å². The van der Waals surface area contributed by atoms with E-state index in [1.165, 1.54) is 0 Å². The molecule has 0 fully saturated rings. The van der Waals surface area contributed by atoms with E-state index in [0.717, 1.165) is 12.0 Å². The number of hydrazine groups is 1. The van der Waals surface area contributed by atoms with Crippen LogP contribution in [0.3, 0.4) is 0 Å². The predicted molar refractivity (Wildman–Crippen MR) is 81.5 cm³/mol. The maximum Gasteiger partial charge on any atom is 0.0767 e. The van der Waals surface area contributed by atoms with Gasteiger partial charge >= 0.3 is 0 Å². The Morgan fingerprint density at radius 1 is 1.26 bits per heavy atom. The number of hydrogen-bond acceptors (Lipinski definition) is 3. The van der Waals surface area contributed by atoms with Crippen LogP contribution in [0.15, 0.2) is 18.2 Å². The molecule has 1 aromatic rings. The molecule has 108 valence electrons. The Hall–Kier alpha value is -0.320. The van der Waals surface area contributed by atoms with Crippen molar-refractivity contribution >= 4 is 23.2 Å². The largest absolute Gasteiger partial charge is 0.377 e. The number of hydrogen-bond donors (Lipinski definition) is 2. The zero-order valence-corrected chi connectivity index (χ0v) is 13.1. The molecule has 0 aliphatic carbocycles. The van der Waals surface area contributed by atoms with Crippen molar-refractivity contribution in [2.75, 3.05) is 6.61 Å². The van der Waals surface area contributed by atoms with E-state index in [0.29, 0.717) is 22.6 Å². The molecule has 1 aromatic carbocycles. The van der Waals surface area contributed by atoms with Gasteiger partial charge in [0.15, 0.2) is 0 Å². The third-order valence-electron chi connectivity index (χ3n) is 3.07. The quantitative estimate of drug-likeness (QED) is 0.599. The molecule has 2 atom stereocenters. The second kappa shape index (κ2) is 8.08. The van der Waals surface area contributed by atoms with E-state index in [2.05, 4.69) is 19.3 Å². The topological polar surface area (TPSA) is 47.3 Å². The molecular weight excluding hydrogens is 283 g/mol. The molecule has 0 bridgehead atoms. The molecular formula is C14H22Cl2N2O. The van der Waals surface area contributed by atoms with E-state index < -0.39 is 0 Å². The van der Waals surface area contributed by atoms with E-state index in [1.807, 2.05) is 19.1 Å². The number of benzene rings is 1. The summed E-state index contributed by atoms with van der Waals surface area (Å²) in [7, 11) is 0. The molecule has 0 aromatic heterocycles. The minimum absolute atomic E-state index is 0.0391. The van der Waals surface area contributed by atoms with Crippen LogP contribution < -0.4 is 11.3 Å². The van der Waals surface area contributed by atoms with Gasteiger partial charge in [0.25, 0.3) is 0 Å². The van der Waals surface area contributed by atoms with Crippen LogP contribution in [0.25, 0.3) is 0 Å². The van der Waals surface area contributed by atoms with Crippen LogP contribution in [-0.4, -0.2) is 18.8 Å². The van der Waals surface area contributed by atoms with Gasteiger partial charge in [0.1, 0.15) is 0 Å². The molecule has 0 saturated heterocycles. The van der Waals surface area contributed by atoms with Crippen molar-refractivity contribution in [1.29, 1.82) is 0 Å². The van der Waals surface area contributed by atoms with Crippen LogP contribution in [0.1, 0.15) is 26.3 Å². The van der Waals surface area contributed by atoms with Gasteiger partial charge < -0.3 is 4.74 Å². The van der Waals surface area contributed by atoms with Crippen LogP contribution in [0.4, 0.5) is 0 Å².